The average molecular weight is 229 g/mol. The number of rotatable bonds is 3. The van der Waals surface area contributed by atoms with E-state index in [9.17, 15) is 4.79 Å². The first-order valence-electron chi connectivity index (χ1n) is 5.07. The van der Waals surface area contributed by atoms with E-state index >= 15 is 0 Å². The molecule has 0 aliphatic heterocycles. The highest BCUT2D eigenvalue weighted by Crippen LogP contribution is 2.06. The van der Waals surface area contributed by atoms with Crippen molar-refractivity contribution in [3.05, 3.63) is 47.3 Å². The van der Waals surface area contributed by atoms with Crippen LogP contribution >= 0.6 is 0 Å². The van der Waals surface area contributed by atoms with Crippen LogP contribution in [0.2, 0.25) is 0 Å². The van der Waals surface area contributed by atoms with Gasteiger partial charge < -0.3 is 5.11 Å². The fraction of sp³-hybridized carbons (Fsp3) is 0.0833. The largest absolute Gasteiger partial charge is 0.476 e. The van der Waals surface area contributed by atoms with Crippen molar-refractivity contribution < 1.29 is 9.90 Å². The Hall–Kier alpha value is -2.43. The first-order valence-corrected chi connectivity index (χ1v) is 5.07. The zero-order valence-electron chi connectivity index (χ0n) is 9.24. The van der Waals surface area contributed by atoms with Gasteiger partial charge in [-0.1, -0.05) is 35.5 Å². The summed E-state index contributed by atoms with van der Waals surface area (Å²) in [6.45, 7) is 1.67. The summed E-state index contributed by atoms with van der Waals surface area (Å²) in [5.74, 6) is -1.07. The molecule has 0 saturated carbocycles. The molecule has 5 heteroatoms. The quantitative estimate of drug-likeness (QED) is 0.872. The lowest BCUT2D eigenvalue weighted by Crippen LogP contribution is -2.00. The molecular weight excluding hydrogens is 218 g/mol. The molecule has 0 aliphatic rings. The third kappa shape index (κ3) is 2.39. The number of aromatic carboxylic acids is 1. The Balaban J connectivity index is 2.25. The number of carboxylic acid groups (broad SMARTS) is 1. The molecule has 0 fully saturated rings. The van der Waals surface area contributed by atoms with Crippen molar-refractivity contribution in [2.24, 2.45) is 0 Å². The smallest absolute Gasteiger partial charge is 0.358 e. The number of aromatic nitrogens is 3. The highest BCUT2D eigenvalue weighted by atomic mass is 16.4. The molecule has 17 heavy (non-hydrogen) atoms. The lowest BCUT2D eigenvalue weighted by molar-refractivity contribution is 0.0689. The average Bonchev–Trinajstić information content (AvgIpc) is 2.69. The Morgan fingerprint density at radius 1 is 1.35 bits per heavy atom. The third-order valence-corrected chi connectivity index (χ3v) is 2.34. The molecule has 0 saturated heterocycles. The molecule has 2 aromatic rings. The van der Waals surface area contributed by atoms with Gasteiger partial charge in [0.25, 0.3) is 0 Å². The summed E-state index contributed by atoms with van der Waals surface area (Å²) in [6.07, 6.45) is 3.53. The van der Waals surface area contributed by atoms with Gasteiger partial charge in [0.2, 0.25) is 0 Å². The van der Waals surface area contributed by atoms with Crippen LogP contribution in [0.3, 0.4) is 0 Å². The van der Waals surface area contributed by atoms with Crippen molar-refractivity contribution in [1.29, 1.82) is 0 Å². The molecule has 0 bridgehead atoms. The van der Waals surface area contributed by atoms with Crippen molar-refractivity contribution in [1.82, 2.24) is 15.0 Å². The monoisotopic (exact) mass is 229 g/mol. The predicted octanol–water partition coefficient (Wildman–Crippen LogP) is 1.91. The Morgan fingerprint density at radius 3 is 2.65 bits per heavy atom. The molecule has 0 atom stereocenters. The van der Waals surface area contributed by atoms with E-state index < -0.39 is 5.97 Å². The van der Waals surface area contributed by atoms with Gasteiger partial charge in [0.05, 0.1) is 5.69 Å². The van der Waals surface area contributed by atoms with E-state index in [1.54, 1.807) is 13.1 Å². The van der Waals surface area contributed by atoms with Crippen LogP contribution in [0.4, 0.5) is 0 Å². The predicted molar refractivity (Wildman–Crippen MR) is 63.4 cm³/mol. The van der Waals surface area contributed by atoms with Gasteiger partial charge in [-0.25, -0.2) is 9.48 Å². The summed E-state index contributed by atoms with van der Waals surface area (Å²) in [5.41, 5.74) is 1.49. The van der Waals surface area contributed by atoms with E-state index in [0.717, 1.165) is 5.56 Å². The number of nitrogens with zero attached hydrogens (tertiary/aromatic N) is 3. The highest BCUT2D eigenvalue weighted by Gasteiger charge is 2.13. The summed E-state index contributed by atoms with van der Waals surface area (Å²) in [5, 5.41) is 16.2. The van der Waals surface area contributed by atoms with Gasteiger partial charge >= 0.3 is 5.97 Å². The standard InChI is InChI=1S/C12H11N3O2/c1-9-11(12(16)17)13-14-15(9)8-7-10-5-3-2-4-6-10/h2-8H,1H3,(H,16,17)/b8-7+. The van der Waals surface area contributed by atoms with E-state index in [1.165, 1.54) is 4.68 Å². The van der Waals surface area contributed by atoms with Crippen LogP contribution in [-0.4, -0.2) is 26.1 Å². The molecule has 2 rings (SSSR count). The second-order valence-corrected chi connectivity index (χ2v) is 3.50. The van der Waals surface area contributed by atoms with E-state index in [4.69, 9.17) is 5.11 Å². The minimum atomic E-state index is -1.07. The minimum Gasteiger partial charge on any atom is -0.476 e. The summed E-state index contributed by atoms with van der Waals surface area (Å²) < 4.78 is 1.44. The SMILES string of the molecule is Cc1c(C(=O)O)nnn1/C=C/c1ccccc1. The van der Waals surface area contributed by atoms with Crippen LogP contribution in [0.1, 0.15) is 21.7 Å². The van der Waals surface area contributed by atoms with Gasteiger partial charge in [0.1, 0.15) is 0 Å². The molecule has 0 amide bonds. The molecule has 0 unspecified atom stereocenters. The fourth-order valence-corrected chi connectivity index (χ4v) is 1.40. The Kier molecular flexibility index (Phi) is 3.00. The second-order valence-electron chi connectivity index (χ2n) is 3.50. The lowest BCUT2D eigenvalue weighted by atomic mass is 10.2. The van der Waals surface area contributed by atoms with E-state index in [-0.39, 0.29) is 5.69 Å². The Bertz CT molecular complexity index is 558. The molecule has 0 aliphatic carbocycles. The van der Waals surface area contributed by atoms with Gasteiger partial charge in [-0.15, -0.1) is 5.10 Å². The van der Waals surface area contributed by atoms with Gasteiger partial charge in [0, 0.05) is 6.20 Å². The zero-order valence-corrected chi connectivity index (χ0v) is 9.24. The lowest BCUT2D eigenvalue weighted by Gasteiger charge is -1.95. The number of carboxylic acids is 1. The minimum absolute atomic E-state index is 0.0253. The van der Waals surface area contributed by atoms with Gasteiger partial charge in [-0.3, -0.25) is 0 Å². The molecule has 5 nitrogen and oxygen atoms in total. The molecule has 0 spiro atoms. The van der Waals surface area contributed by atoms with E-state index in [1.807, 2.05) is 36.4 Å². The van der Waals surface area contributed by atoms with Crippen molar-refractivity contribution in [3.63, 3.8) is 0 Å². The first-order chi connectivity index (χ1) is 8.18. The van der Waals surface area contributed by atoms with Crippen molar-refractivity contribution in [2.45, 2.75) is 6.92 Å². The maximum atomic E-state index is 10.8. The van der Waals surface area contributed by atoms with Gasteiger partial charge in [0.15, 0.2) is 5.69 Å². The summed E-state index contributed by atoms with van der Waals surface area (Å²) in [4.78, 5) is 10.8. The van der Waals surface area contributed by atoms with Crippen LogP contribution < -0.4 is 0 Å². The molecule has 1 heterocycles. The van der Waals surface area contributed by atoms with Crippen LogP contribution in [0.15, 0.2) is 30.3 Å². The molecule has 86 valence electrons. The first kappa shape index (κ1) is 11.1. The summed E-state index contributed by atoms with van der Waals surface area (Å²) in [7, 11) is 0. The number of carbonyl (C=O) groups is 1. The number of hydrogen-bond donors (Lipinski definition) is 1. The van der Waals surface area contributed by atoms with Crippen molar-refractivity contribution in [2.75, 3.05) is 0 Å². The maximum absolute atomic E-state index is 10.8. The molecule has 1 aromatic heterocycles. The van der Waals surface area contributed by atoms with Crippen LogP contribution in [0.25, 0.3) is 12.3 Å². The van der Waals surface area contributed by atoms with Gasteiger partial charge in [-0.05, 0) is 18.6 Å². The van der Waals surface area contributed by atoms with Crippen molar-refractivity contribution >= 4 is 18.2 Å². The summed E-state index contributed by atoms with van der Waals surface area (Å²) in [6, 6.07) is 9.68. The Labute approximate surface area is 98.0 Å². The van der Waals surface area contributed by atoms with E-state index in [2.05, 4.69) is 10.3 Å². The fourth-order valence-electron chi connectivity index (χ4n) is 1.40. The van der Waals surface area contributed by atoms with Crippen LogP contribution in [0, 0.1) is 6.92 Å². The van der Waals surface area contributed by atoms with E-state index in [0.29, 0.717) is 5.69 Å². The number of benzene rings is 1. The Morgan fingerprint density at radius 2 is 2.06 bits per heavy atom. The van der Waals surface area contributed by atoms with Crippen molar-refractivity contribution in [3.8, 4) is 0 Å². The normalized spacial score (nSPS) is 10.9. The zero-order chi connectivity index (χ0) is 12.3. The second kappa shape index (κ2) is 4.61. The number of hydrogen-bond acceptors (Lipinski definition) is 3. The molecule has 0 radical (unpaired) electrons. The third-order valence-electron chi connectivity index (χ3n) is 2.34. The van der Waals surface area contributed by atoms with Gasteiger partial charge in [-0.2, -0.15) is 0 Å². The molecule has 1 N–H and O–H groups in total. The molecule has 1 aromatic carbocycles. The van der Waals surface area contributed by atoms with Crippen LogP contribution in [0.5, 0.6) is 0 Å². The maximum Gasteiger partial charge on any atom is 0.358 e. The van der Waals surface area contributed by atoms with Crippen LogP contribution in [-0.2, 0) is 0 Å². The topological polar surface area (TPSA) is 68.0 Å². The summed E-state index contributed by atoms with van der Waals surface area (Å²) >= 11 is 0. The highest BCUT2D eigenvalue weighted by molar-refractivity contribution is 5.86. The molecular formula is C12H11N3O2.